The van der Waals surface area contributed by atoms with Crippen LogP contribution in [0, 0.1) is 0 Å². The van der Waals surface area contributed by atoms with Crippen molar-refractivity contribution in [1.29, 1.82) is 0 Å². The van der Waals surface area contributed by atoms with Crippen molar-refractivity contribution in [3.63, 3.8) is 0 Å². The minimum absolute atomic E-state index is 0.0313. The summed E-state index contributed by atoms with van der Waals surface area (Å²) in [4.78, 5) is 18.9. The van der Waals surface area contributed by atoms with Crippen LogP contribution in [0.5, 0.6) is 0 Å². The average Bonchev–Trinajstić information content (AvgIpc) is 3.39. The van der Waals surface area contributed by atoms with Gasteiger partial charge in [0.05, 0.1) is 6.61 Å². The molecule has 1 fully saturated rings. The molecule has 28 heavy (non-hydrogen) atoms. The lowest BCUT2D eigenvalue weighted by atomic mass is 10.2. The molecule has 0 saturated carbocycles. The molecule has 1 saturated heterocycles. The SMILES string of the molecule is O=C(COCc1ccccc1)N1CCCC1c1nc(-c2ccc(Cl)cc2)no1. The summed E-state index contributed by atoms with van der Waals surface area (Å²) in [6.45, 7) is 1.10. The zero-order valence-electron chi connectivity index (χ0n) is 15.3. The van der Waals surface area contributed by atoms with Gasteiger partial charge in [0.2, 0.25) is 17.6 Å². The third kappa shape index (κ3) is 4.24. The predicted octanol–water partition coefficient (Wildman–Crippen LogP) is 4.27. The van der Waals surface area contributed by atoms with Crippen molar-refractivity contribution in [2.24, 2.45) is 0 Å². The highest BCUT2D eigenvalue weighted by molar-refractivity contribution is 6.30. The molecule has 1 aromatic heterocycles. The molecular weight excluding hydrogens is 378 g/mol. The molecule has 0 bridgehead atoms. The van der Waals surface area contributed by atoms with E-state index in [2.05, 4.69) is 10.1 Å². The molecule has 0 radical (unpaired) electrons. The van der Waals surface area contributed by atoms with Crippen molar-refractivity contribution >= 4 is 17.5 Å². The zero-order valence-corrected chi connectivity index (χ0v) is 16.0. The number of carbonyl (C=O) groups excluding carboxylic acids is 1. The number of benzene rings is 2. The Morgan fingerprint density at radius 2 is 1.96 bits per heavy atom. The van der Waals surface area contributed by atoms with Crippen molar-refractivity contribution in [1.82, 2.24) is 15.0 Å². The molecule has 0 N–H and O–H groups in total. The summed E-state index contributed by atoms with van der Waals surface area (Å²) in [5.74, 6) is 0.884. The average molecular weight is 398 g/mol. The predicted molar refractivity (Wildman–Crippen MR) is 105 cm³/mol. The van der Waals surface area contributed by atoms with Gasteiger partial charge in [-0.2, -0.15) is 4.98 Å². The van der Waals surface area contributed by atoms with E-state index in [1.54, 1.807) is 17.0 Å². The fraction of sp³-hybridized carbons (Fsp3) is 0.286. The van der Waals surface area contributed by atoms with Gasteiger partial charge in [-0.3, -0.25) is 4.79 Å². The van der Waals surface area contributed by atoms with Crippen LogP contribution in [0.1, 0.15) is 30.3 Å². The molecule has 6 nitrogen and oxygen atoms in total. The molecule has 1 amide bonds. The van der Waals surface area contributed by atoms with Gasteiger partial charge in [-0.1, -0.05) is 47.1 Å². The highest BCUT2D eigenvalue weighted by atomic mass is 35.5. The molecule has 4 rings (SSSR count). The van der Waals surface area contributed by atoms with Crippen LogP contribution in [0.3, 0.4) is 0 Å². The first-order chi connectivity index (χ1) is 13.7. The molecule has 1 atom stereocenters. The quantitative estimate of drug-likeness (QED) is 0.621. The third-order valence-corrected chi connectivity index (χ3v) is 4.99. The first-order valence-electron chi connectivity index (χ1n) is 9.21. The molecule has 1 aliphatic rings. The number of halogens is 1. The van der Waals surface area contributed by atoms with Gasteiger partial charge in [0.1, 0.15) is 12.6 Å². The second-order valence-corrected chi connectivity index (χ2v) is 7.12. The highest BCUT2D eigenvalue weighted by Crippen LogP contribution is 2.32. The van der Waals surface area contributed by atoms with E-state index >= 15 is 0 Å². The lowest BCUT2D eigenvalue weighted by Gasteiger charge is -2.21. The van der Waals surface area contributed by atoms with Crippen LogP contribution >= 0.6 is 11.6 Å². The van der Waals surface area contributed by atoms with Crippen LogP contribution < -0.4 is 0 Å². The van der Waals surface area contributed by atoms with Crippen molar-refractivity contribution < 1.29 is 14.1 Å². The van der Waals surface area contributed by atoms with Crippen molar-refractivity contribution in [3.05, 3.63) is 71.1 Å². The number of hydrogen-bond acceptors (Lipinski definition) is 5. The smallest absolute Gasteiger partial charge is 0.249 e. The fourth-order valence-electron chi connectivity index (χ4n) is 3.32. The van der Waals surface area contributed by atoms with Gasteiger partial charge in [-0.15, -0.1) is 0 Å². The molecule has 144 valence electrons. The van der Waals surface area contributed by atoms with Gasteiger partial charge in [0, 0.05) is 17.1 Å². The van der Waals surface area contributed by atoms with Crippen LogP contribution in [0.25, 0.3) is 11.4 Å². The van der Waals surface area contributed by atoms with Gasteiger partial charge in [-0.05, 0) is 42.7 Å². The van der Waals surface area contributed by atoms with E-state index in [0.29, 0.717) is 29.9 Å². The summed E-state index contributed by atoms with van der Waals surface area (Å²) < 4.78 is 11.1. The Morgan fingerprint density at radius 3 is 2.75 bits per heavy atom. The van der Waals surface area contributed by atoms with Gasteiger partial charge in [0.25, 0.3) is 0 Å². The summed E-state index contributed by atoms with van der Waals surface area (Å²) in [7, 11) is 0. The Kier molecular flexibility index (Phi) is 5.69. The van der Waals surface area contributed by atoms with Gasteiger partial charge >= 0.3 is 0 Å². The van der Waals surface area contributed by atoms with Gasteiger partial charge in [0.15, 0.2) is 0 Å². The molecule has 2 heterocycles. The molecule has 0 spiro atoms. The molecule has 3 aromatic rings. The highest BCUT2D eigenvalue weighted by Gasteiger charge is 2.34. The van der Waals surface area contributed by atoms with Crippen LogP contribution in [-0.2, 0) is 16.1 Å². The van der Waals surface area contributed by atoms with Crippen LogP contribution in [0.15, 0.2) is 59.1 Å². The summed E-state index contributed by atoms with van der Waals surface area (Å²) in [5.41, 5.74) is 1.86. The van der Waals surface area contributed by atoms with Crippen molar-refractivity contribution in [3.8, 4) is 11.4 Å². The maximum Gasteiger partial charge on any atom is 0.249 e. The van der Waals surface area contributed by atoms with E-state index in [0.717, 1.165) is 24.0 Å². The van der Waals surface area contributed by atoms with Crippen LogP contribution in [0.4, 0.5) is 0 Å². The standard InChI is InChI=1S/C21H20ClN3O3/c22-17-10-8-16(9-11-17)20-23-21(28-24-20)18-7-4-12-25(18)19(26)14-27-13-15-5-2-1-3-6-15/h1-3,5-6,8-11,18H,4,7,12-14H2. The molecule has 1 aliphatic heterocycles. The Bertz CT molecular complexity index is 928. The number of ether oxygens (including phenoxy) is 1. The van der Waals surface area contributed by atoms with E-state index in [9.17, 15) is 4.79 Å². The number of carbonyl (C=O) groups is 1. The number of amides is 1. The topological polar surface area (TPSA) is 68.5 Å². The summed E-state index contributed by atoms with van der Waals surface area (Å²) in [6.07, 6.45) is 1.69. The second-order valence-electron chi connectivity index (χ2n) is 6.69. The second kappa shape index (κ2) is 8.54. The minimum Gasteiger partial charge on any atom is -0.367 e. The fourth-order valence-corrected chi connectivity index (χ4v) is 3.45. The first-order valence-corrected chi connectivity index (χ1v) is 9.59. The summed E-state index contributed by atoms with van der Waals surface area (Å²) in [5, 5.41) is 4.71. The Hall–Kier alpha value is -2.70. The normalized spacial score (nSPS) is 16.5. The maximum atomic E-state index is 12.6. The minimum atomic E-state index is -0.207. The van der Waals surface area contributed by atoms with E-state index < -0.39 is 0 Å². The van der Waals surface area contributed by atoms with Crippen LogP contribution in [0.2, 0.25) is 5.02 Å². The number of hydrogen-bond donors (Lipinski definition) is 0. The van der Waals surface area contributed by atoms with Crippen molar-refractivity contribution in [2.75, 3.05) is 13.2 Å². The van der Waals surface area contributed by atoms with E-state index in [-0.39, 0.29) is 18.6 Å². The Morgan fingerprint density at radius 1 is 1.18 bits per heavy atom. The maximum absolute atomic E-state index is 12.6. The first kappa shape index (κ1) is 18.7. The van der Waals surface area contributed by atoms with Gasteiger partial charge in [-0.25, -0.2) is 0 Å². The zero-order chi connectivity index (χ0) is 19.3. The molecule has 2 aromatic carbocycles. The lowest BCUT2D eigenvalue weighted by Crippen LogP contribution is -2.33. The monoisotopic (exact) mass is 397 g/mol. The Labute approximate surface area is 168 Å². The lowest BCUT2D eigenvalue weighted by molar-refractivity contribution is -0.138. The molecule has 7 heteroatoms. The molecular formula is C21H20ClN3O3. The van der Waals surface area contributed by atoms with E-state index in [4.69, 9.17) is 20.9 Å². The summed E-state index contributed by atoms with van der Waals surface area (Å²) >= 11 is 5.92. The third-order valence-electron chi connectivity index (χ3n) is 4.74. The Balaban J connectivity index is 1.39. The van der Waals surface area contributed by atoms with E-state index in [1.807, 2.05) is 42.5 Å². The number of aromatic nitrogens is 2. The van der Waals surface area contributed by atoms with E-state index in [1.165, 1.54) is 0 Å². The number of nitrogens with zero attached hydrogens (tertiary/aromatic N) is 3. The molecule has 1 unspecified atom stereocenters. The summed E-state index contributed by atoms with van der Waals surface area (Å²) in [6, 6.07) is 16.8. The largest absolute Gasteiger partial charge is 0.367 e. The van der Waals surface area contributed by atoms with Gasteiger partial charge < -0.3 is 14.2 Å². The number of rotatable bonds is 6. The van der Waals surface area contributed by atoms with Crippen LogP contribution in [-0.4, -0.2) is 34.1 Å². The van der Waals surface area contributed by atoms with Crippen molar-refractivity contribution in [2.45, 2.75) is 25.5 Å². The molecule has 0 aliphatic carbocycles. The number of likely N-dealkylation sites (tertiary alicyclic amines) is 1.